The van der Waals surface area contributed by atoms with Crippen LogP contribution in [0.15, 0.2) is 23.1 Å². The molecule has 1 aromatic carbocycles. The zero-order chi connectivity index (χ0) is 20.0. The predicted octanol–water partition coefficient (Wildman–Crippen LogP) is 5.05. The molecule has 2 saturated carbocycles. The van der Waals surface area contributed by atoms with Crippen LogP contribution in [-0.4, -0.2) is 26.4 Å². The first kappa shape index (κ1) is 20.5. The molecule has 0 radical (unpaired) electrons. The molecule has 152 valence electrons. The van der Waals surface area contributed by atoms with Gasteiger partial charge in [-0.25, -0.2) is 8.42 Å². The van der Waals surface area contributed by atoms with Crippen LogP contribution in [0, 0.1) is 28.6 Å². The molecule has 0 saturated heterocycles. The van der Waals surface area contributed by atoms with Crippen molar-refractivity contribution in [2.45, 2.75) is 64.7 Å². The zero-order valence-electron chi connectivity index (χ0n) is 17.3. The number of sulfone groups is 1. The second kappa shape index (κ2) is 6.98. The Kier molecular flexibility index (Phi) is 5.30. The molecule has 0 amide bonds. The molecule has 2 fully saturated rings. The summed E-state index contributed by atoms with van der Waals surface area (Å²) in [4.78, 5) is 0.160. The summed E-state index contributed by atoms with van der Waals surface area (Å²) in [5.41, 5.74) is 0.316. The number of phenolic OH excluding ortho intramolecular Hbond substituents is 1. The lowest BCUT2D eigenvalue weighted by Crippen LogP contribution is -2.52. The molecule has 1 N–H and O–H groups in total. The van der Waals surface area contributed by atoms with E-state index >= 15 is 0 Å². The van der Waals surface area contributed by atoms with Gasteiger partial charge >= 0.3 is 0 Å². The van der Waals surface area contributed by atoms with Crippen molar-refractivity contribution in [3.8, 4) is 11.5 Å². The molecule has 5 heteroatoms. The van der Waals surface area contributed by atoms with Crippen LogP contribution in [0.4, 0.5) is 0 Å². The fourth-order valence-corrected chi connectivity index (χ4v) is 8.12. The van der Waals surface area contributed by atoms with E-state index in [0.29, 0.717) is 17.6 Å². The molecule has 0 unspecified atom stereocenters. The Hall–Kier alpha value is -1.23. The Balaban J connectivity index is 1.96. The summed E-state index contributed by atoms with van der Waals surface area (Å²) < 4.78 is 31.7. The maximum Gasteiger partial charge on any atom is 0.178 e. The summed E-state index contributed by atoms with van der Waals surface area (Å²) in [5.74, 6) is 1.52. The van der Waals surface area contributed by atoms with Crippen LogP contribution in [0.3, 0.4) is 0 Å². The third-order valence-electron chi connectivity index (χ3n) is 7.58. The fourth-order valence-electron chi connectivity index (χ4n) is 6.15. The van der Waals surface area contributed by atoms with E-state index in [1.165, 1.54) is 44.6 Å². The SMILES string of the molecule is COc1cc(O)cc(S(=O)(=O)C[C@H]2[C@@H](C)CC[C@H]3C(C)(C)CCC[C@]23C)c1. The van der Waals surface area contributed by atoms with Gasteiger partial charge in [-0.15, -0.1) is 0 Å². The van der Waals surface area contributed by atoms with Crippen molar-refractivity contribution < 1.29 is 18.3 Å². The number of hydrogen-bond acceptors (Lipinski definition) is 4. The van der Waals surface area contributed by atoms with Crippen LogP contribution in [0.5, 0.6) is 11.5 Å². The van der Waals surface area contributed by atoms with Gasteiger partial charge in [0.1, 0.15) is 11.5 Å². The molecule has 4 nitrogen and oxygen atoms in total. The molecule has 0 aliphatic heterocycles. The normalized spacial score (nSPS) is 33.3. The van der Waals surface area contributed by atoms with Gasteiger partial charge in [0.05, 0.1) is 17.8 Å². The van der Waals surface area contributed by atoms with Crippen LogP contribution in [-0.2, 0) is 9.84 Å². The minimum Gasteiger partial charge on any atom is -0.508 e. The maximum absolute atomic E-state index is 13.3. The van der Waals surface area contributed by atoms with E-state index in [0.717, 1.165) is 12.8 Å². The molecule has 3 rings (SSSR count). The third kappa shape index (κ3) is 3.72. The Morgan fingerprint density at radius 3 is 2.52 bits per heavy atom. The fraction of sp³-hybridized carbons (Fsp3) is 0.727. The number of phenols is 1. The number of methoxy groups -OCH3 is 1. The number of fused-ring (bicyclic) bond motifs is 1. The van der Waals surface area contributed by atoms with Crippen molar-refractivity contribution in [1.29, 1.82) is 0 Å². The number of ether oxygens (including phenoxy) is 1. The van der Waals surface area contributed by atoms with E-state index in [1.807, 2.05) is 0 Å². The van der Waals surface area contributed by atoms with Crippen molar-refractivity contribution in [2.75, 3.05) is 12.9 Å². The van der Waals surface area contributed by atoms with Gasteiger partial charge in [-0.05, 0) is 60.0 Å². The highest BCUT2D eigenvalue weighted by atomic mass is 32.2. The van der Waals surface area contributed by atoms with E-state index in [1.54, 1.807) is 0 Å². The molecule has 27 heavy (non-hydrogen) atoms. The molecule has 0 heterocycles. The highest BCUT2D eigenvalue weighted by Crippen LogP contribution is 2.61. The lowest BCUT2D eigenvalue weighted by atomic mass is 9.47. The van der Waals surface area contributed by atoms with Gasteiger partial charge in [-0.2, -0.15) is 0 Å². The first-order valence-electron chi connectivity index (χ1n) is 10.1. The Morgan fingerprint density at radius 2 is 1.85 bits per heavy atom. The maximum atomic E-state index is 13.3. The Bertz CT molecular complexity index is 799. The van der Waals surface area contributed by atoms with Gasteiger partial charge in [0.25, 0.3) is 0 Å². The third-order valence-corrected chi connectivity index (χ3v) is 9.33. The van der Waals surface area contributed by atoms with Crippen LogP contribution >= 0.6 is 0 Å². The van der Waals surface area contributed by atoms with Crippen molar-refractivity contribution in [1.82, 2.24) is 0 Å². The summed E-state index contributed by atoms with van der Waals surface area (Å²) in [6.07, 6.45) is 5.79. The van der Waals surface area contributed by atoms with E-state index in [-0.39, 0.29) is 33.1 Å². The minimum atomic E-state index is -3.51. The van der Waals surface area contributed by atoms with Crippen LogP contribution in [0.2, 0.25) is 0 Å². The van der Waals surface area contributed by atoms with E-state index < -0.39 is 9.84 Å². The van der Waals surface area contributed by atoms with Gasteiger partial charge in [0.2, 0.25) is 0 Å². The predicted molar refractivity (Wildman–Crippen MR) is 108 cm³/mol. The average molecular weight is 395 g/mol. The first-order chi connectivity index (χ1) is 12.5. The molecule has 2 aliphatic rings. The first-order valence-corrected chi connectivity index (χ1v) is 11.8. The van der Waals surface area contributed by atoms with Gasteiger partial charge in [0, 0.05) is 6.07 Å². The average Bonchev–Trinajstić information content (AvgIpc) is 2.57. The van der Waals surface area contributed by atoms with Crippen LogP contribution < -0.4 is 4.74 Å². The number of hydrogen-bond donors (Lipinski definition) is 1. The highest BCUT2D eigenvalue weighted by Gasteiger charge is 2.54. The molecule has 4 atom stereocenters. The molecule has 1 aromatic rings. The smallest absolute Gasteiger partial charge is 0.178 e. The summed E-state index contributed by atoms with van der Waals surface area (Å²) in [6.45, 7) is 9.26. The summed E-state index contributed by atoms with van der Waals surface area (Å²) in [5, 5.41) is 9.91. The second-order valence-electron chi connectivity index (χ2n) is 9.71. The molecule has 0 aromatic heterocycles. The minimum absolute atomic E-state index is 0.0490. The van der Waals surface area contributed by atoms with Gasteiger partial charge in [-0.3, -0.25) is 0 Å². The molecule has 0 spiro atoms. The van der Waals surface area contributed by atoms with Gasteiger partial charge < -0.3 is 9.84 Å². The molecule has 2 aliphatic carbocycles. The monoisotopic (exact) mass is 394 g/mol. The molecular weight excluding hydrogens is 360 g/mol. The summed E-state index contributed by atoms with van der Waals surface area (Å²) in [6, 6.07) is 4.30. The number of aromatic hydroxyl groups is 1. The van der Waals surface area contributed by atoms with E-state index in [9.17, 15) is 13.5 Å². The number of rotatable bonds is 4. The van der Waals surface area contributed by atoms with Gasteiger partial charge in [-0.1, -0.05) is 40.5 Å². The Morgan fingerprint density at radius 1 is 1.15 bits per heavy atom. The van der Waals surface area contributed by atoms with Gasteiger partial charge in [0.15, 0.2) is 9.84 Å². The highest BCUT2D eigenvalue weighted by molar-refractivity contribution is 7.91. The van der Waals surface area contributed by atoms with E-state index in [2.05, 4.69) is 27.7 Å². The van der Waals surface area contributed by atoms with Crippen molar-refractivity contribution >= 4 is 9.84 Å². The standard InChI is InChI=1S/C22H34O4S/c1-15-7-8-20-21(2,3)9-6-10-22(20,4)19(15)14-27(24,25)18-12-16(23)11-17(13-18)26-5/h11-13,15,19-20,23H,6-10,14H2,1-5H3/t15-,19-,20-,22+/m0/s1. The van der Waals surface area contributed by atoms with Crippen LogP contribution in [0.25, 0.3) is 0 Å². The summed E-state index contributed by atoms with van der Waals surface area (Å²) >= 11 is 0. The van der Waals surface area contributed by atoms with Crippen molar-refractivity contribution in [3.05, 3.63) is 18.2 Å². The van der Waals surface area contributed by atoms with Crippen molar-refractivity contribution in [3.63, 3.8) is 0 Å². The number of benzene rings is 1. The van der Waals surface area contributed by atoms with Crippen molar-refractivity contribution in [2.24, 2.45) is 28.6 Å². The largest absolute Gasteiger partial charge is 0.508 e. The lowest BCUT2D eigenvalue weighted by Gasteiger charge is -2.59. The second-order valence-corrected chi connectivity index (χ2v) is 11.7. The van der Waals surface area contributed by atoms with Crippen LogP contribution in [0.1, 0.15) is 59.8 Å². The quantitative estimate of drug-likeness (QED) is 0.776. The van der Waals surface area contributed by atoms with E-state index in [4.69, 9.17) is 4.74 Å². The Labute approximate surface area is 164 Å². The summed E-state index contributed by atoms with van der Waals surface area (Å²) in [7, 11) is -2.04. The lowest BCUT2D eigenvalue weighted by molar-refractivity contribution is -0.0855. The zero-order valence-corrected chi connectivity index (χ0v) is 18.1. The molecule has 0 bridgehead atoms. The topological polar surface area (TPSA) is 63.6 Å². The molecular formula is C22H34O4S.